The molecule has 3 rings (SSSR count). The smallest absolute Gasteiger partial charge is 0.272 e. The highest BCUT2D eigenvalue weighted by Crippen LogP contribution is 2.27. The van der Waals surface area contributed by atoms with Gasteiger partial charge in [0.1, 0.15) is 11.2 Å². The molecule has 1 atom stereocenters. The van der Waals surface area contributed by atoms with E-state index in [2.05, 4.69) is 15.7 Å². The van der Waals surface area contributed by atoms with Crippen LogP contribution < -0.4 is 10.6 Å². The number of likely N-dealkylation sites (N-methyl/N-ethyl adjacent to an activating group) is 1. The van der Waals surface area contributed by atoms with Crippen LogP contribution in [0.15, 0.2) is 6.07 Å². The molecule has 1 aromatic heterocycles. The highest BCUT2D eigenvalue weighted by molar-refractivity contribution is 6.01. The number of hydrogen-bond acceptors (Lipinski definition) is 4. The zero-order chi connectivity index (χ0) is 19.8. The second kappa shape index (κ2) is 7.32. The van der Waals surface area contributed by atoms with Gasteiger partial charge < -0.3 is 15.5 Å². The Morgan fingerprint density at radius 2 is 1.93 bits per heavy atom. The van der Waals surface area contributed by atoms with Gasteiger partial charge >= 0.3 is 0 Å². The first-order valence-corrected chi connectivity index (χ1v) is 9.70. The molecule has 0 unspecified atom stereocenters. The summed E-state index contributed by atoms with van der Waals surface area (Å²) in [5.41, 5.74) is -0.522. The predicted molar refractivity (Wildman–Crippen MR) is 100 cm³/mol. The van der Waals surface area contributed by atoms with Crippen LogP contribution in [0.1, 0.15) is 73.9 Å². The first-order chi connectivity index (χ1) is 12.7. The topological polar surface area (TPSA) is 96.3 Å². The normalized spacial score (nSPS) is 23.3. The quantitative estimate of drug-likeness (QED) is 0.829. The molecule has 1 aromatic rings. The molecule has 0 saturated heterocycles. The molecule has 8 nitrogen and oxygen atoms in total. The summed E-state index contributed by atoms with van der Waals surface area (Å²) in [6, 6.07) is 1.63. The molecule has 0 bridgehead atoms. The van der Waals surface area contributed by atoms with Crippen LogP contribution in [0.4, 0.5) is 0 Å². The van der Waals surface area contributed by atoms with Gasteiger partial charge in [0.2, 0.25) is 5.91 Å². The maximum Gasteiger partial charge on any atom is 0.272 e. The molecule has 0 aromatic carbocycles. The summed E-state index contributed by atoms with van der Waals surface area (Å²) < 4.78 is 1.48. The highest BCUT2D eigenvalue weighted by Gasteiger charge is 2.46. The van der Waals surface area contributed by atoms with Crippen LogP contribution in [0.5, 0.6) is 0 Å². The van der Waals surface area contributed by atoms with Crippen molar-refractivity contribution in [1.82, 2.24) is 25.3 Å². The van der Waals surface area contributed by atoms with Crippen molar-refractivity contribution in [2.24, 2.45) is 0 Å². The van der Waals surface area contributed by atoms with Gasteiger partial charge in [0.05, 0.1) is 6.54 Å². The lowest BCUT2D eigenvalue weighted by molar-refractivity contribution is -0.133. The van der Waals surface area contributed by atoms with Crippen molar-refractivity contribution in [3.8, 4) is 0 Å². The number of rotatable bonds is 4. The van der Waals surface area contributed by atoms with Gasteiger partial charge in [-0.2, -0.15) is 5.10 Å². The number of amides is 3. The van der Waals surface area contributed by atoms with Crippen LogP contribution in [0.25, 0.3) is 0 Å². The largest absolute Gasteiger partial charge is 0.351 e. The van der Waals surface area contributed by atoms with Gasteiger partial charge in [-0.05, 0) is 33.6 Å². The van der Waals surface area contributed by atoms with E-state index in [1.54, 1.807) is 14.0 Å². The summed E-state index contributed by atoms with van der Waals surface area (Å²) in [6.07, 6.45) is 5.40. The standard InChI is InChI=1S/C19H29N5O3/c1-12(2)20-16(25)14-10-15-17(26)23(4)19(3,11-24(15)22-14)18(27)21-13-8-6-5-7-9-13/h10,12-13H,5-9,11H2,1-4H3,(H,20,25)(H,21,27)/t19-/m1/s1. The fourth-order valence-electron chi connectivity index (χ4n) is 3.76. The van der Waals surface area contributed by atoms with Crippen LogP contribution in [0.3, 0.4) is 0 Å². The SMILES string of the molecule is CC(C)NC(=O)c1cc2n(n1)C[C@](C)(C(=O)NC1CCCCC1)N(C)C2=O. The van der Waals surface area contributed by atoms with Gasteiger partial charge in [-0.25, -0.2) is 0 Å². The average molecular weight is 375 g/mol. The second-order valence-electron chi connectivity index (χ2n) is 8.15. The van der Waals surface area contributed by atoms with Crippen LogP contribution in [-0.2, 0) is 11.3 Å². The zero-order valence-electron chi connectivity index (χ0n) is 16.5. The number of nitrogens with zero attached hydrogens (tertiary/aromatic N) is 3. The van der Waals surface area contributed by atoms with E-state index in [1.807, 2.05) is 13.8 Å². The monoisotopic (exact) mass is 375 g/mol. The van der Waals surface area contributed by atoms with Crippen molar-refractivity contribution < 1.29 is 14.4 Å². The molecule has 0 radical (unpaired) electrons. The minimum Gasteiger partial charge on any atom is -0.351 e. The van der Waals surface area contributed by atoms with Crippen molar-refractivity contribution in [3.05, 3.63) is 17.5 Å². The van der Waals surface area contributed by atoms with E-state index in [9.17, 15) is 14.4 Å². The zero-order valence-corrected chi connectivity index (χ0v) is 16.5. The Balaban J connectivity index is 1.81. The first-order valence-electron chi connectivity index (χ1n) is 9.70. The maximum absolute atomic E-state index is 13.0. The molecular weight excluding hydrogens is 346 g/mol. The third-order valence-electron chi connectivity index (χ3n) is 5.58. The number of hydrogen-bond donors (Lipinski definition) is 2. The molecule has 1 fully saturated rings. The van der Waals surface area contributed by atoms with Crippen LogP contribution >= 0.6 is 0 Å². The van der Waals surface area contributed by atoms with E-state index in [0.717, 1.165) is 25.7 Å². The summed E-state index contributed by atoms with van der Waals surface area (Å²) in [5.74, 6) is -0.797. The highest BCUT2D eigenvalue weighted by atomic mass is 16.2. The number of aromatic nitrogens is 2. The van der Waals surface area contributed by atoms with Crippen molar-refractivity contribution >= 4 is 17.7 Å². The second-order valence-corrected chi connectivity index (χ2v) is 8.15. The van der Waals surface area contributed by atoms with Crippen LogP contribution in [-0.4, -0.2) is 57.1 Å². The lowest BCUT2D eigenvalue weighted by Gasteiger charge is -2.41. The number of nitrogens with one attached hydrogen (secondary N) is 2. The van der Waals surface area contributed by atoms with E-state index in [4.69, 9.17) is 0 Å². The number of fused-ring (bicyclic) bond motifs is 1. The summed E-state index contributed by atoms with van der Waals surface area (Å²) in [6.45, 7) is 5.69. The third-order valence-corrected chi connectivity index (χ3v) is 5.58. The Morgan fingerprint density at radius 1 is 1.26 bits per heavy atom. The molecule has 2 N–H and O–H groups in total. The molecule has 1 saturated carbocycles. The van der Waals surface area contributed by atoms with Crippen molar-refractivity contribution in [1.29, 1.82) is 0 Å². The van der Waals surface area contributed by atoms with E-state index < -0.39 is 5.54 Å². The summed E-state index contributed by atoms with van der Waals surface area (Å²) >= 11 is 0. The average Bonchev–Trinajstić information content (AvgIpc) is 3.04. The molecule has 1 aliphatic carbocycles. The van der Waals surface area contributed by atoms with Gasteiger partial charge in [-0.3, -0.25) is 19.1 Å². The fourth-order valence-corrected chi connectivity index (χ4v) is 3.76. The molecular formula is C19H29N5O3. The van der Waals surface area contributed by atoms with Crippen molar-refractivity contribution in [2.45, 2.75) is 77.0 Å². The molecule has 2 heterocycles. The fraction of sp³-hybridized carbons (Fsp3) is 0.684. The van der Waals surface area contributed by atoms with Crippen molar-refractivity contribution in [3.63, 3.8) is 0 Å². The lowest BCUT2D eigenvalue weighted by atomic mass is 9.92. The number of carbonyl (C=O) groups excluding carboxylic acids is 3. The van der Waals surface area contributed by atoms with E-state index in [0.29, 0.717) is 5.69 Å². The van der Waals surface area contributed by atoms with Crippen molar-refractivity contribution in [2.75, 3.05) is 7.05 Å². The summed E-state index contributed by atoms with van der Waals surface area (Å²) in [7, 11) is 1.63. The molecule has 8 heteroatoms. The molecule has 2 aliphatic rings. The number of carbonyl (C=O) groups is 3. The van der Waals surface area contributed by atoms with Gasteiger partial charge in [-0.15, -0.1) is 0 Å². The Labute approximate surface area is 159 Å². The van der Waals surface area contributed by atoms with Gasteiger partial charge in [0.15, 0.2) is 5.69 Å². The minimum absolute atomic E-state index is 0.0267. The summed E-state index contributed by atoms with van der Waals surface area (Å²) in [4.78, 5) is 39.5. The molecule has 3 amide bonds. The van der Waals surface area contributed by atoms with E-state index >= 15 is 0 Å². The molecule has 27 heavy (non-hydrogen) atoms. The maximum atomic E-state index is 13.0. The Morgan fingerprint density at radius 3 is 2.56 bits per heavy atom. The summed E-state index contributed by atoms with van der Waals surface area (Å²) in [5, 5.41) is 10.2. The van der Waals surface area contributed by atoms with Gasteiger partial charge in [0, 0.05) is 25.2 Å². The minimum atomic E-state index is -1.04. The first kappa shape index (κ1) is 19.4. The predicted octanol–water partition coefficient (Wildman–Crippen LogP) is 1.31. The molecule has 0 spiro atoms. The Hall–Kier alpha value is -2.38. The Bertz CT molecular complexity index is 751. The lowest BCUT2D eigenvalue weighted by Crippen LogP contribution is -2.63. The van der Waals surface area contributed by atoms with Gasteiger partial charge in [-0.1, -0.05) is 19.3 Å². The molecule has 148 valence electrons. The Kier molecular flexibility index (Phi) is 5.26. The molecule has 1 aliphatic heterocycles. The van der Waals surface area contributed by atoms with E-state index in [-0.39, 0.29) is 42.0 Å². The van der Waals surface area contributed by atoms with Crippen LogP contribution in [0.2, 0.25) is 0 Å². The van der Waals surface area contributed by atoms with Crippen LogP contribution in [0, 0.1) is 0 Å². The van der Waals surface area contributed by atoms with E-state index in [1.165, 1.54) is 22.1 Å². The van der Waals surface area contributed by atoms with Gasteiger partial charge in [0.25, 0.3) is 11.8 Å². The third kappa shape index (κ3) is 3.70.